The smallest absolute Gasteiger partial charge is 0.338 e. The van der Waals surface area contributed by atoms with Crippen LogP contribution in [0.5, 0.6) is 0 Å². The maximum absolute atomic E-state index is 12.9. The number of esters is 1. The van der Waals surface area contributed by atoms with Crippen molar-refractivity contribution in [3.05, 3.63) is 81.0 Å². The standard InChI is InChI=1S/C25H28N4O6/c1-4-6-14-28-16(3)21(24(31)35-5-2)22(27-25(28)32)18-8-7-9-19(15-18)26-23(30)17-10-12-20(13-11-17)29(33)34/h7-13,15,22H,4-6,14H2,1-3H3,(H,26,30)(H,27,32). The number of nitrogens with one attached hydrogen (secondary N) is 2. The van der Waals surface area contributed by atoms with E-state index in [1.807, 2.05) is 6.92 Å². The van der Waals surface area contributed by atoms with E-state index < -0.39 is 22.8 Å². The van der Waals surface area contributed by atoms with E-state index in [1.54, 1.807) is 43.0 Å². The van der Waals surface area contributed by atoms with Gasteiger partial charge in [-0.15, -0.1) is 0 Å². The molecule has 2 aromatic rings. The summed E-state index contributed by atoms with van der Waals surface area (Å²) in [5.41, 5.74) is 2.04. The lowest BCUT2D eigenvalue weighted by Crippen LogP contribution is -2.48. The number of rotatable bonds is 9. The highest BCUT2D eigenvalue weighted by Gasteiger charge is 2.36. The number of hydrogen-bond donors (Lipinski definition) is 2. The molecule has 10 heteroatoms. The van der Waals surface area contributed by atoms with Gasteiger partial charge < -0.3 is 15.4 Å². The van der Waals surface area contributed by atoms with Crippen LogP contribution < -0.4 is 10.6 Å². The predicted molar refractivity (Wildman–Crippen MR) is 130 cm³/mol. The third kappa shape index (κ3) is 5.84. The van der Waals surface area contributed by atoms with Crippen LogP contribution >= 0.6 is 0 Å². The van der Waals surface area contributed by atoms with Crippen molar-refractivity contribution in [1.82, 2.24) is 10.2 Å². The molecule has 1 atom stereocenters. The molecule has 3 rings (SSSR count). The molecule has 10 nitrogen and oxygen atoms in total. The lowest BCUT2D eigenvalue weighted by Gasteiger charge is -2.35. The largest absolute Gasteiger partial charge is 0.463 e. The highest BCUT2D eigenvalue weighted by atomic mass is 16.6. The minimum absolute atomic E-state index is 0.113. The summed E-state index contributed by atoms with van der Waals surface area (Å²) >= 11 is 0. The van der Waals surface area contributed by atoms with Crippen molar-refractivity contribution in [2.24, 2.45) is 0 Å². The summed E-state index contributed by atoms with van der Waals surface area (Å²) < 4.78 is 5.28. The van der Waals surface area contributed by atoms with Crippen LogP contribution in [0.25, 0.3) is 0 Å². The van der Waals surface area contributed by atoms with Gasteiger partial charge in [0.1, 0.15) is 0 Å². The second-order valence-electron chi connectivity index (χ2n) is 7.99. The van der Waals surface area contributed by atoms with Crippen LogP contribution in [-0.2, 0) is 9.53 Å². The summed E-state index contributed by atoms with van der Waals surface area (Å²) in [4.78, 5) is 50.2. The average Bonchev–Trinajstić information content (AvgIpc) is 2.84. The number of nitro groups is 1. The van der Waals surface area contributed by atoms with Crippen molar-refractivity contribution in [3.63, 3.8) is 0 Å². The lowest BCUT2D eigenvalue weighted by atomic mass is 9.94. The Hall–Kier alpha value is -4.21. The molecule has 0 bridgehead atoms. The van der Waals surface area contributed by atoms with Crippen molar-refractivity contribution in [3.8, 4) is 0 Å². The van der Waals surface area contributed by atoms with Gasteiger partial charge in [-0.05, 0) is 50.1 Å². The van der Waals surface area contributed by atoms with Crippen LogP contribution in [0.4, 0.5) is 16.2 Å². The van der Waals surface area contributed by atoms with Gasteiger partial charge in [-0.25, -0.2) is 9.59 Å². The number of hydrogen-bond acceptors (Lipinski definition) is 6. The first-order valence-electron chi connectivity index (χ1n) is 11.4. The van der Waals surface area contributed by atoms with Crippen LogP contribution in [0.2, 0.25) is 0 Å². The van der Waals surface area contributed by atoms with E-state index in [0.717, 1.165) is 12.8 Å². The first-order valence-corrected chi connectivity index (χ1v) is 11.4. The zero-order valence-electron chi connectivity index (χ0n) is 19.9. The van der Waals surface area contributed by atoms with Gasteiger partial charge in [-0.2, -0.15) is 0 Å². The maximum Gasteiger partial charge on any atom is 0.338 e. The van der Waals surface area contributed by atoms with Crippen molar-refractivity contribution < 1.29 is 24.0 Å². The number of unbranched alkanes of at least 4 members (excludes halogenated alkanes) is 1. The molecule has 184 valence electrons. The molecule has 0 aliphatic carbocycles. The number of anilines is 1. The number of allylic oxidation sites excluding steroid dienone is 1. The third-order valence-electron chi connectivity index (χ3n) is 5.65. The van der Waals surface area contributed by atoms with Gasteiger partial charge in [0.15, 0.2) is 0 Å². The Labute approximate surface area is 203 Å². The van der Waals surface area contributed by atoms with E-state index >= 15 is 0 Å². The minimum Gasteiger partial charge on any atom is -0.463 e. The van der Waals surface area contributed by atoms with Crippen molar-refractivity contribution in [2.45, 2.75) is 39.7 Å². The molecule has 0 radical (unpaired) electrons. The number of nitrogens with zero attached hydrogens (tertiary/aromatic N) is 2. The zero-order chi connectivity index (χ0) is 25.5. The number of carbonyl (C=O) groups excluding carboxylic acids is 3. The van der Waals surface area contributed by atoms with Gasteiger partial charge in [0.05, 0.1) is 23.1 Å². The fraction of sp³-hybridized carbons (Fsp3) is 0.320. The molecule has 0 saturated heterocycles. The molecule has 3 amide bonds. The van der Waals surface area contributed by atoms with Gasteiger partial charge in [-0.3, -0.25) is 19.8 Å². The summed E-state index contributed by atoms with van der Waals surface area (Å²) in [6.45, 7) is 6.14. The van der Waals surface area contributed by atoms with Crippen LogP contribution in [-0.4, -0.2) is 40.9 Å². The summed E-state index contributed by atoms with van der Waals surface area (Å²) in [5.74, 6) is -0.968. The Morgan fingerprint density at radius 2 is 1.89 bits per heavy atom. The Bertz CT molecular complexity index is 1160. The maximum atomic E-state index is 12.9. The number of urea groups is 1. The monoisotopic (exact) mass is 480 g/mol. The first kappa shape index (κ1) is 25.4. The minimum atomic E-state index is -0.754. The van der Waals surface area contributed by atoms with Gasteiger partial charge in [0.25, 0.3) is 11.6 Å². The molecule has 1 heterocycles. The molecular weight excluding hydrogens is 452 g/mol. The van der Waals surface area contributed by atoms with E-state index in [2.05, 4.69) is 10.6 Å². The van der Waals surface area contributed by atoms with Gasteiger partial charge in [-0.1, -0.05) is 25.5 Å². The van der Waals surface area contributed by atoms with Crippen molar-refractivity contribution >= 4 is 29.3 Å². The van der Waals surface area contributed by atoms with E-state index in [0.29, 0.717) is 29.1 Å². The summed E-state index contributed by atoms with van der Waals surface area (Å²) in [6.07, 6.45) is 1.68. The SMILES string of the molecule is CCCCN1C(=O)NC(c2cccc(NC(=O)c3ccc([N+](=O)[O-])cc3)c2)C(C(=O)OCC)=C1C. The number of amides is 3. The normalized spacial score (nSPS) is 15.5. The first-order chi connectivity index (χ1) is 16.8. The van der Waals surface area contributed by atoms with Gasteiger partial charge >= 0.3 is 12.0 Å². The fourth-order valence-corrected chi connectivity index (χ4v) is 3.82. The van der Waals surface area contributed by atoms with Crippen LogP contribution in [0.3, 0.4) is 0 Å². The van der Waals surface area contributed by atoms with Crippen LogP contribution in [0, 0.1) is 10.1 Å². The Kier molecular flexibility index (Phi) is 8.19. The van der Waals surface area contributed by atoms with Crippen LogP contribution in [0.1, 0.15) is 55.6 Å². The number of nitro benzene ring substituents is 1. The topological polar surface area (TPSA) is 131 Å². The zero-order valence-corrected chi connectivity index (χ0v) is 19.9. The van der Waals surface area contributed by atoms with E-state index in [4.69, 9.17) is 4.74 Å². The number of carbonyl (C=O) groups is 3. The molecule has 2 aromatic carbocycles. The molecule has 1 aliphatic rings. The summed E-state index contributed by atoms with van der Waals surface area (Å²) in [7, 11) is 0. The summed E-state index contributed by atoms with van der Waals surface area (Å²) in [6, 6.07) is 11.0. The Balaban J connectivity index is 1.90. The van der Waals surface area contributed by atoms with Crippen LogP contribution in [0.15, 0.2) is 59.8 Å². The van der Waals surface area contributed by atoms with Crippen molar-refractivity contribution in [1.29, 1.82) is 0 Å². The van der Waals surface area contributed by atoms with Crippen molar-refractivity contribution in [2.75, 3.05) is 18.5 Å². The van der Waals surface area contributed by atoms with E-state index in [-0.39, 0.29) is 23.9 Å². The average molecular weight is 481 g/mol. The quantitative estimate of drug-likeness (QED) is 0.308. The molecule has 0 aromatic heterocycles. The molecular formula is C25H28N4O6. The molecule has 0 saturated carbocycles. The number of non-ortho nitro benzene ring substituents is 1. The van der Waals surface area contributed by atoms with Gasteiger partial charge in [0.2, 0.25) is 0 Å². The lowest BCUT2D eigenvalue weighted by molar-refractivity contribution is -0.384. The molecule has 0 fully saturated rings. The fourth-order valence-electron chi connectivity index (χ4n) is 3.82. The highest BCUT2D eigenvalue weighted by Crippen LogP contribution is 2.32. The third-order valence-corrected chi connectivity index (χ3v) is 5.65. The summed E-state index contributed by atoms with van der Waals surface area (Å²) in [5, 5.41) is 16.5. The molecule has 1 unspecified atom stereocenters. The Morgan fingerprint density at radius 1 is 1.17 bits per heavy atom. The van der Waals surface area contributed by atoms with E-state index in [1.165, 1.54) is 24.3 Å². The Morgan fingerprint density at radius 3 is 2.51 bits per heavy atom. The highest BCUT2D eigenvalue weighted by molar-refractivity contribution is 6.04. The second kappa shape index (κ2) is 11.3. The molecule has 35 heavy (non-hydrogen) atoms. The predicted octanol–water partition coefficient (Wildman–Crippen LogP) is 4.55. The van der Waals surface area contributed by atoms with E-state index in [9.17, 15) is 24.5 Å². The molecule has 0 spiro atoms. The number of ether oxygens (including phenoxy) is 1. The number of benzene rings is 2. The molecule has 1 aliphatic heterocycles. The second-order valence-corrected chi connectivity index (χ2v) is 7.99. The molecule has 2 N–H and O–H groups in total. The van der Waals surface area contributed by atoms with Gasteiger partial charge in [0, 0.05) is 35.6 Å².